The second kappa shape index (κ2) is 12.7. The molecule has 0 saturated carbocycles. The van der Waals surface area contributed by atoms with Gasteiger partial charge in [-0.25, -0.2) is 13.1 Å². The lowest BCUT2D eigenvalue weighted by Crippen LogP contribution is -2.41. The van der Waals surface area contributed by atoms with Crippen LogP contribution in [0.5, 0.6) is 0 Å². The second-order valence-corrected chi connectivity index (χ2v) is 8.69. The molecule has 1 rings (SSSR count). The fourth-order valence-corrected chi connectivity index (χ4v) is 3.67. The summed E-state index contributed by atoms with van der Waals surface area (Å²) in [6.45, 7) is 13.0. The van der Waals surface area contributed by atoms with Crippen molar-refractivity contribution in [1.29, 1.82) is 0 Å². The molecule has 3 N–H and O–H groups in total. The first kappa shape index (κ1) is 24.4. The third-order valence-corrected chi connectivity index (χ3v) is 5.67. The van der Waals surface area contributed by atoms with Gasteiger partial charge in [0.25, 0.3) is 0 Å². The number of benzene rings is 1. The van der Waals surface area contributed by atoms with Gasteiger partial charge in [-0.2, -0.15) is 0 Å². The maximum Gasteiger partial charge on any atom is 0.240 e. The molecular weight excluding hydrogens is 376 g/mol. The Kier molecular flexibility index (Phi) is 11.1. The fourth-order valence-electron chi connectivity index (χ4n) is 2.64. The number of nitrogens with one attached hydrogen (secondary N) is 3. The van der Waals surface area contributed by atoms with Gasteiger partial charge in [0.15, 0.2) is 5.96 Å². The molecule has 1 unspecified atom stereocenters. The fraction of sp³-hybridized carbons (Fsp3) is 0.650. The monoisotopic (exact) mass is 412 g/mol. The first-order valence-corrected chi connectivity index (χ1v) is 11.5. The normalized spacial score (nSPS) is 13.6. The van der Waals surface area contributed by atoms with E-state index in [4.69, 9.17) is 4.74 Å². The predicted molar refractivity (Wildman–Crippen MR) is 115 cm³/mol. The van der Waals surface area contributed by atoms with Crippen molar-refractivity contribution >= 4 is 16.0 Å². The summed E-state index contributed by atoms with van der Waals surface area (Å²) in [5.41, 5.74) is 1.02. The standard InChI is InChI=1S/C20H36N4O3S/c1-6-21-20(22-13-12-19(16(3)4)27-7-2)23-14-15-24-28(25,26)18-10-8-17(5)9-11-18/h8-11,16,19,24H,6-7,12-15H2,1-5H3,(H2,21,22,23). The largest absolute Gasteiger partial charge is 0.378 e. The van der Waals surface area contributed by atoms with E-state index in [1.54, 1.807) is 24.3 Å². The maximum absolute atomic E-state index is 12.3. The Balaban J connectivity index is 2.48. The van der Waals surface area contributed by atoms with Crippen molar-refractivity contribution in [2.45, 2.75) is 52.0 Å². The summed E-state index contributed by atoms with van der Waals surface area (Å²) in [6, 6.07) is 6.80. The topological polar surface area (TPSA) is 91.8 Å². The quantitative estimate of drug-likeness (QED) is 0.278. The molecule has 1 atom stereocenters. The van der Waals surface area contributed by atoms with Gasteiger partial charge in [-0.15, -0.1) is 0 Å². The zero-order chi connectivity index (χ0) is 21.0. The van der Waals surface area contributed by atoms with Crippen LogP contribution in [0.15, 0.2) is 34.2 Å². The lowest BCUT2D eigenvalue weighted by molar-refractivity contribution is 0.0266. The molecular formula is C20H36N4O3S. The van der Waals surface area contributed by atoms with E-state index in [2.05, 4.69) is 34.2 Å². The highest BCUT2D eigenvalue weighted by Crippen LogP contribution is 2.11. The summed E-state index contributed by atoms with van der Waals surface area (Å²) in [7, 11) is -3.50. The zero-order valence-corrected chi connectivity index (χ0v) is 18.6. The van der Waals surface area contributed by atoms with Gasteiger partial charge in [-0.05, 0) is 45.2 Å². The van der Waals surface area contributed by atoms with Gasteiger partial charge in [0.1, 0.15) is 0 Å². The van der Waals surface area contributed by atoms with Gasteiger partial charge >= 0.3 is 0 Å². The van der Waals surface area contributed by atoms with Crippen molar-refractivity contribution in [3.05, 3.63) is 29.8 Å². The summed E-state index contributed by atoms with van der Waals surface area (Å²) in [5, 5.41) is 6.33. The van der Waals surface area contributed by atoms with Crippen LogP contribution in [-0.4, -0.2) is 53.3 Å². The van der Waals surface area contributed by atoms with Gasteiger partial charge in [-0.3, -0.25) is 4.99 Å². The molecule has 7 nitrogen and oxygen atoms in total. The molecule has 1 aromatic rings. The van der Waals surface area contributed by atoms with Gasteiger partial charge in [0, 0.05) is 32.8 Å². The van der Waals surface area contributed by atoms with E-state index in [-0.39, 0.29) is 17.5 Å². The van der Waals surface area contributed by atoms with Gasteiger partial charge in [0.05, 0.1) is 11.0 Å². The van der Waals surface area contributed by atoms with Crippen LogP contribution in [0.1, 0.15) is 39.7 Å². The van der Waals surface area contributed by atoms with Crippen LogP contribution < -0.4 is 15.4 Å². The number of hydrogen-bond donors (Lipinski definition) is 3. The van der Waals surface area contributed by atoms with E-state index in [9.17, 15) is 8.42 Å². The number of sulfonamides is 1. The molecule has 160 valence electrons. The Bertz CT molecular complexity index is 688. The van der Waals surface area contributed by atoms with Crippen LogP contribution in [0.4, 0.5) is 0 Å². The molecule has 0 bridgehead atoms. The van der Waals surface area contributed by atoms with Crippen molar-refractivity contribution in [2.24, 2.45) is 10.9 Å². The van der Waals surface area contributed by atoms with Crippen LogP contribution >= 0.6 is 0 Å². The number of nitrogens with zero attached hydrogens (tertiary/aromatic N) is 1. The highest BCUT2D eigenvalue weighted by molar-refractivity contribution is 7.89. The average molecular weight is 413 g/mol. The Morgan fingerprint density at radius 2 is 1.79 bits per heavy atom. The number of hydrogen-bond acceptors (Lipinski definition) is 4. The summed E-state index contributed by atoms with van der Waals surface area (Å²) in [4.78, 5) is 4.83. The lowest BCUT2D eigenvalue weighted by Gasteiger charge is -2.20. The predicted octanol–water partition coefficient (Wildman–Crippen LogP) is 2.28. The number of guanidine groups is 1. The van der Waals surface area contributed by atoms with Crippen molar-refractivity contribution in [3.8, 4) is 0 Å². The molecule has 0 heterocycles. The van der Waals surface area contributed by atoms with Crippen LogP contribution in [-0.2, 0) is 14.8 Å². The van der Waals surface area contributed by atoms with Crippen LogP contribution in [0.3, 0.4) is 0 Å². The smallest absolute Gasteiger partial charge is 0.240 e. The van der Waals surface area contributed by atoms with Crippen molar-refractivity contribution in [1.82, 2.24) is 15.4 Å². The summed E-state index contributed by atoms with van der Waals surface area (Å²) in [5.74, 6) is 1.12. The van der Waals surface area contributed by atoms with Gasteiger partial charge in [-0.1, -0.05) is 31.5 Å². The SMILES string of the molecule is CCNC(=NCCC(OCC)C(C)C)NCCNS(=O)(=O)c1ccc(C)cc1. The molecule has 0 spiro atoms. The maximum atomic E-state index is 12.3. The third-order valence-electron chi connectivity index (χ3n) is 4.19. The third kappa shape index (κ3) is 9.03. The summed E-state index contributed by atoms with van der Waals surface area (Å²) < 4.78 is 32.9. The molecule has 0 saturated heterocycles. The molecule has 0 aliphatic rings. The number of rotatable bonds is 12. The van der Waals surface area contributed by atoms with E-state index >= 15 is 0 Å². The van der Waals surface area contributed by atoms with Gasteiger partial charge < -0.3 is 15.4 Å². The Hall–Kier alpha value is -1.64. The molecule has 0 aliphatic heterocycles. The van der Waals surface area contributed by atoms with Gasteiger partial charge in [0.2, 0.25) is 10.0 Å². The van der Waals surface area contributed by atoms with Crippen molar-refractivity contribution in [2.75, 3.05) is 32.8 Å². The van der Waals surface area contributed by atoms with Crippen LogP contribution in [0.2, 0.25) is 0 Å². The summed E-state index contributed by atoms with van der Waals surface area (Å²) in [6.07, 6.45) is 1.04. The molecule has 1 aromatic carbocycles. The van der Waals surface area contributed by atoms with E-state index in [0.717, 1.165) is 18.5 Å². The Morgan fingerprint density at radius 3 is 2.36 bits per heavy atom. The number of aryl methyl sites for hydroxylation is 1. The van der Waals surface area contributed by atoms with E-state index in [1.165, 1.54) is 0 Å². The number of aliphatic imine (C=N–C) groups is 1. The van der Waals surface area contributed by atoms with E-state index < -0.39 is 10.0 Å². The first-order valence-electron chi connectivity index (χ1n) is 10.00. The lowest BCUT2D eigenvalue weighted by atomic mass is 10.0. The van der Waals surface area contributed by atoms with E-state index in [0.29, 0.717) is 31.6 Å². The van der Waals surface area contributed by atoms with Crippen LogP contribution in [0.25, 0.3) is 0 Å². The number of ether oxygens (including phenoxy) is 1. The zero-order valence-electron chi connectivity index (χ0n) is 17.8. The highest BCUT2D eigenvalue weighted by Gasteiger charge is 2.14. The molecule has 0 amide bonds. The molecule has 0 aliphatic carbocycles. The molecule has 0 aromatic heterocycles. The molecule has 0 radical (unpaired) electrons. The van der Waals surface area contributed by atoms with Crippen molar-refractivity contribution in [3.63, 3.8) is 0 Å². The van der Waals surface area contributed by atoms with Crippen LogP contribution in [0, 0.1) is 12.8 Å². The Labute approximate surface area is 170 Å². The van der Waals surface area contributed by atoms with E-state index in [1.807, 2.05) is 20.8 Å². The second-order valence-electron chi connectivity index (χ2n) is 6.92. The first-order chi connectivity index (χ1) is 13.3. The summed E-state index contributed by atoms with van der Waals surface area (Å²) >= 11 is 0. The minimum absolute atomic E-state index is 0.193. The molecule has 28 heavy (non-hydrogen) atoms. The molecule has 8 heteroatoms. The Morgan fingerprint density at radius 1 is 1.11 bits per heavy atom. The average Bonchev–Trinajstić information content (AvgIpc) is 2.64. The molecule has 0 fully saturated rings. The minimum Gasteiger partial charge on any atom is -0.378 e. The van der Waals surface area contributed by atoms with Crippen molar-refractivity contribution < 1.29 is 13.2 Å². The minimum atomic E-state index is -3.50. The highest BCUT2D eigenvalue weighted by atomic mass is 32.2.